The molecule has 0 aliphatic carbocycles. The van der Waals surface area contributed by atoms with Gasteiger partial charge in [-0.25, -0.2) is 4.79 Å². The summed E-state index contributed by atoms with van der Waals surface area (Å²) in [7, 11) is 0. The van der Waals surface area contributed by atoms with Gasteiger partial charge >= 0.3 is 5.97 Å². The molecule has 0 spiro atoms. The van der Waals surface area contributed by atoms with Crippen molar-refractivity contribution in [1.82, 2.24) is 0 Å². The van der Waals surface area contributed by atoms with Gasteiger partial charge in [-0.2, -0.15) is 0 Å². The zero-order valence-corrected chi connectivity index (χ0v) is 12.5. The van der Waals surface area contributed by atoms with Crippen molar-refractivity contribution < 1.29 is 9.53 Å². The average molecular weight is 331 g/mol. The Morgan fingerprint density at radius 3 is 2.50 bits per heavy atom. The van der Waals surface area contributed by atoms with E-state index in [2.05, 4.69) is 0 Å². The molecule has 0 amide bonds. The summed E-state index contributed by atoms with van der Waals surface area (Å²) in [6.07, 6.45) is 0. The number of esters is 1. The number of ether oxygens (including phenoxy) is 1. The van der Waals surface area contributed by atoms with Gasteiger partial charge in [-0.1, -0.05) is 46.9 Å². The van der Waals surface area contributed by atoms with Crippen molar-refractivity contribution in [3.8, 4) is 0 Å². The minimum absolute atomic E-state index is 0.0706. The van der Waals surface area contributed by atoms with Crippen molar-refractivity contribution in [2.75, 3.05) is 5.73 Å². The molecule has 6 heteroatoms. The molecule has 0 unspecified atom stereocenters. The maximum Gasteiger partial charge on any atom is 0.342 e. The molecule has 0 saturated carbocycles. The standard InChI is InChI=1S/C14H10Cl3NO2/c15-9-3-1-2-8(6-9)7-20-14(19)12-10(16)4-5-11(17)13(12)18/h1-6H,7,18H2. The van der Waals surface area contributed by atoms with E-state index in [0.29, 0.717) is 5.02 Å². The molecule has 0 saturated heterocycles. The molecule has 0 aliphatic rings. The number of halogens is 3. The van der Waals surface area contributed by atoms with Crippen molar-refractivity contribution in [2.24, 2.45) is 0 Å². The zero-order chi connectivity index (χ0) is 14.7. The Balaban J connectivity index is 2.15. The molecular weight excluding hydrogens is 321 g/mol. The van der Waals surface area contributed by atoms with Crippen LogP contribution in [0, 0.1) is 0 Å². The van der Waals surface area contributed by atoms with Crippen LogP contribution in [0.25, 0.3) is 0 Å². The number of hydrogen-bond acceptors (Lipinski definition) is 3. The number of nitrogen functional groups attached to an aromatic ring is 1. The fourth-order valence-electron chi connectivity index (χ4n) is 1.62. The van der Waals surface area contributed by atoms with Crippen molar-refractivity contribution in [3.05, 3.63) is 62.6 Å². The smallest absolute Gasteiger partial charge is 0.342 e. The Morgan fingerprint density at radius 2 is 1.80 bits per heavy atom. The maximum absolute atomic E-state index is 12.0. The monoisotopic (exact) mass is 329 g/mol. The first-order valence-corrected chi connectivity index (χ1v) is 6.77. The van der Waals surface area contributed by atoms with Gasteiger partial charge in [0.15, 0.2) is 0 Å². The molecule has 2 rings (SSSR count). The summed E-state index contributed by atoms with van der Waals surface area (Å²) >= 11 is 17.7. The predicted molar refractivity (Wildman–Crippen MR) is 81.4 cm³/mol. The summed E-state index contributed by atoms with van der Waals surface area (Å²) in [6, 6.07) is 10.0. The van der Waals surface area contributed by atoms with E-state index in [9.17, 15) is 4.79 Å². The normalized spacial score (nSPS) is 10.3. The number of hydrogen-bond donors (Lipinski definition) is 1. The summed E-state index contributed by atoms with van der Waals surface area (Å²) in [6.45, 7) is 0.0711. The molecule has 104 valence electrons. The fourth-order valence-corrected chi connectivity index (χ4v) is 2.24. The summed E-state index contributed by atoms with van der Waals surface area (Å²) in [5.41, 5.74) is 6.68. The maximum atomic E-state index is 12.0. The molecular formula is C14H10Cl3NO2. The molecule has 0 radical (unpaired) electrons. The highest BCUT2D eigenvalue weighted by atomic mass is 35.5. The topological polar surface area (TPSA) is 52.3 Å². The summed E-state index contributed by atoms with van der Waals surface area (Å²) in [5.74, 6) is -0.630. The third kappa shape index (κ3) is 3.37. The number of carbonyl (C=O) groups excluding carboxylic acids is 1. The lowest BCUT2D eigenvalue weighted by Crippen LogP contribution is -2.09. The van der Waals surface area contributed by atoms with Crippen LogP contribution >= 0.6 is 34.8 Å². The van der Waals surface area contributed by atoms with Gasteiger partial charge in [-0.15, -0.1) is 0 Å². The Hall–Kier alpha value is -1.42. The Labute approximate surface area is 131 Å². The lowest BCUT2D eigenvalue weighted by atomic mass is 10.2. The summed E-state index contributed by atoms with van der Waals surface area (Å²) in [5, 5.41) is 1.02. The lowest BCUT2D eigenvalue weighted by Gasteiger charge is -2.10. The second-order valence-electron chi connectivity index (χ2n) is 4.02. The lowest BCUT2D eigenvalue weighted by molar-refractivity contribution is 0.0474. The van der Waals surface area contributed by atoms with Crippen molar-refractivity contribution in [3.63, 3.8) is 0 Å². The van der Waals surface area contributed by atoms with Gasteiger partial charge in [0.25, 0.3) is 0 Å². The second-order valence-corrected chi connectivity index (χ2v) is 5.27. The van der Waals surface area contributed by atoms with Gasteiger partial charge in [0, 0.05) is 5.02 Å². The van der Waals surface area contributed by atoms with Crippen LogP contribution in [-0.4, -0.2) is 5.97 Å². The quantitative estimate of drug-likeness (QED) is 0.661. The van der Waals surface area contributed by atoms with E-state index in [1.54, 1.807) is 24.3 Å². The largest absolute Gasteiger partial charge is 0.457 e. The summed E-state index contributed by atoms with van der Waals surface area (Å²) < 4.78 is 5.17. The number of benzene rings is 2. The molecule has 2 N–H and O–H groups in total. The average Bonchev–Trinajstić information content (AvgIpc) is 2.41. The Kier molecular flexibility index (Phi) is 4.76. The van der Waals surface area contributed by atoms with Gasteiger partial charge in [-0.05, 0) is 29.8 Å². The van der Waals surface area contributed by atoms with Gasteiger partial charge in [-0.3, -0.25) is 0 Å². The molecule has 0 aromatic heterocycles. The first-order valence-electron chi connectivity index (χ1n) is 5.64. The van der Waals surface area contributed by atoms with Gasteiger partial charge in [0.05, 0.1) is 15.7 Å². The van der Waals surface area contributed by atoms with Gasteiger partial charge in [0.1, 0.15) is 12.2 Å². The number of carbonyl (C=O) groups is 1. The zero-order valence-electron chi connectivity index (χ0n) is 10.2. The van der Waals surface area contributed by atoms with Crippen LogP contribution in [0.3, 0.4) is 0 Å². The Bertz CT molecular complexity index is 659. The number of nitrogens with two attached hydrogens (primary N) is 1. The first-order chi connectivity index (χ1) is 9.49. The highest BCUT2D eigenvalue weighted by Crippen LogP contribution is 2.30. The summed E-state index contributed by atoms with van der Waals surface area (Å²) in [4.78, 5) is 12.0. The molecule has 2 aromatic rings. The van der Waals surface area contributed by atoms with E-state index in [4.69, 9.17) is 45.3 Å². The first kappa shape index (κ1) is 15.0. The molecule has 2 aromatic carbocycles. The van der Waals surface area contributed by atoms with E-state index in [1.807, 2.05) is 0 Å². The molecule has 20 heavy (non-hydrogen) atoms. The van der Waals surface area contributed by atoms with E-state index in [-0.39, 0.29) is 27.9 Å². The van der Waals surface area contributed by atoms with E-state index >= 15 is 0 Å². The van der Waals surface area contributed by atoms with Crippen LogP contribution in [0.4, 0.5) is 5.69 Å². The molecule has 0 fully saturated rings. The predicted octanol–water partition coefficient (Wildman–Crippen LogP) is 4.59. The highest BCUT2D eigenvalue weighted by Gasteiger charge is 2.18. The molecule has 0 heterocycles. The number of rotatable bonds is 3. The van der Waals surface area contributed by atoms with E-state index in [0.717, 1.165) is 5.56 Å². The molecule has 0 bridgehead atoms. The van der Waals surface area contributed by atoms with Crippen molar-refractivity contribution in [1.29, 1.82) is 0 Å². The molecule has 0 aliphatic heterocycles. The van der Waals surface area contributed by atoms with Crippen LogP contribution in [0.2, 0.25) is 15.1 Å². The number of anilines is 1. The van der Waals surface area contributed by atoms with Crippen LogP contribution in [0.15, 0.2) is 36.4 Å². The minimum atomic E-state index is -0.630. The molecule has 3 nitrogen and oxygen atoms in total. The van der Waals surface area contributed by atoms with Crippen LogP contribution in [0.5, 0.6) is 0 Å². The Morgan fingerprint density at radius 1 is 1.10 bits per heavy atom. The van der Waals surface area contributed by atoms with Crippen LogP contribution in [-0.2, 0) is 11.3 Å². The fraction of sp³-hybridized carbons (Fsp3) is 0.0714. The second kappa shape index (κ2) is 6.35. The van der Waals surface area contributed by atoms with E-state index < -0.39 is 5.97 Å². The van der Waals surface area contributed by atoms with E-state index in [1.165, 1.54) is 12.1 Å². The van der Waals surface area contributed by atoms with Gasteiger partial charge in [0.2, 0.25) is 0 Å². The third-order valence-electron chi connectivity index (χ3n) is 2.60. The van der Waals surface area contributed by atoms with Crippen LogP contribution in [0.1, 0.15) is 15.9 Å². The van der Waals surface area contributed by atoms with Crippen molar-refractivity contribution in [2.45, 2.75) is 6.61 Å². The highest BCUT2D eigenvalue weighted by molar-refractivity contribution is 6.38. The molecule has 0 atom stereocenters. The van der Waals surface area contributed by atoms with Crippen LogP contribution < -0.4 is 5.73 Å². The van der Waals surface area contributed by atoms with Crippen molar-refractivity contribution >= 4 is 46.5 Å². The SMILES string of the molecule is Nc1c(Cl)ccc(Cl)c1C(=O)OCc1cccc(Cl)c1. The van der Waals surface area contributed by atoms with Gasteiger partial charge < -0.3 is 10.5 Å². The third-order valence-corrected chi connectivity index (χ3v) is 3.48. The minimum Gasteiger partial charge on any atom is -0.457 e.